The Morgan fingerprint density at radius 2 is 1.86 bits per heavy atom. The van der Waals surface area contributed by atoms with Crippen LogP contribution in [0.3, 0.4) is 0 Å². The Bertz CT molecular complexity index is 704. The second-order valence-electron chi connectivity index (χ2n) is 7.34. The van der Waals surface area contributed by atoms with Gasteiger partial charge in [-0.3, -0.25) is 4.72 Å². The van der Waals surface area contributed by atoms with Crippen molar-refractivity contribution >= 4 is 27.5 Å². The van der Waals surface area contributed by atoms with Crippen molar-refractivity contribution in [2.24, 2.45) is 0 Å². The van der Waals surface area contributed by atoms with E-state index in [1.54, 1.807) is 31.3 Å². The SMILES string of the molecule is C=CCN(C)CCCO[C@H]1CC[C@H](N(C)S(=O)(=O)Nc2ccc(Cl)cc2)CC1. The third-order valence-corrected chi connectivity index (χ3v) is 6.91. The van der Waals surface area contributed by atoms with Gasteiger partial charge in [-0.1, -0.05) is 17.7 Å². The molecule has 1 saturated carbocycles. The van der Waals surface area contributed by atoms with Crippen molar-refractivity contribution in [2.75, 3.05) is 38.5 Å². The lowest BCUT2D eigenvalue weighted by molar-refractivity contribution is 0.0143. The second-order valence-corrected chi connectivity index (χ2v) is 9.50. The average Bonchev–Trinajstić information content (AvgIpc) is 2.67. The van der Waals surface area contributed by atoms with Gasteiger partial charge in [-0.2, -0.15) is 12.7 Å². The first-order valence-corrected chi connectivity index (χ1v) is 11.6. The van der Waals surface area contributed by atoms with Crippen LogP contribution in [-0.2, 0) is 14.9 Å². The molecule has 2 rings (SSSR count). The Hall–Kier alpha value is -1.12. The zero-order valence-electron chi connectivity index (χ0n) is 16.8. The lowest BCUT2D eigenvalue weighted by Gasteiger charge is -2.34. The molecule has 0 saturated heterocycles. The van der Waals surface area contributed by atoms with Crippen LogP contribution in [0.15, 0.2) is 36.9 Å². The van der Waals surface area contributed by atoms with E-state index in [-0.39, 0.29) is 12.1 Å². The molecule has 0 spiro atoms. The van der Waals surface area contributed by atoms with Gasteiger partial charge in [0, 0.05) is 43.5 Å². The molecule has 8 heteroatoms. The summed E-state index contributed by atoms with van der Waals surface area (Å²) in [6, 6.07) is 6.63. The summed E-state index contributed by atoms with van der Waals surface area (Å²) in [4.78, 5) is 2.21. The summed E-state index contributed by atoms with van der Waals surface area (Å²) in [5, 5.41) is 0.571. The van der Waals surface area contributed by atoms with Gasteiger partial charge in [0.2, 0.25) is 0 Å². The summed E-state index contributed by atoms with van der Waals surface area (Å²) < 4.78 is 35.3. The van der Waals surface area contributed by atoms with Crippen LogP contribution in [0.25, 0.3) is 0 Å². The minimum Gasteiger partial charge on any atom is -0.378 e. The fraction of sp³-hybridized carbons (Fsp3) is 0.600. The highest BCUT2D eigenvalue weighted by Gasteiger charge is 2.30. The maximum absolute atomic E-state index is 12.6. The third kappa shape index (κ3) is 7.37. The standard InChI is InChI=1S/C20H32ClN3O3S/c1-4-14-23(2)15-5-16-27-20-12-10-19(11-13-20)24(3)28(25,26)22-18-8-6-17(21)7-9-18/h4,6-9,19-20,22H,1,5,10-16H2,2-3H3/t19-,20-. The van der Waals surface area contributed by atoms with Crippen molar-refractivity contribution in [3.8, 4) is 0 Å². The quantitative estimate of drug-likeness (QED) is 0.429. The van der Waals surface area contributed by atoms with E-state index in [0.29, 0.717) is 10.7 Å². The number of nitrogens with one attached hydrogen (secondary N) is 1. The molecule has 0 heterocycles. The number of benzene rings is 1. The number of halogens is 1. The monoisotopic (exact) mass is 429 g/mol. The fourth-order valence-corrected chi connectivity index (χ4v) is 4.71. The van der Waals surface area contributed by atoms with E-state index in [9.17, 15) is 8.42 Å². The van der Waals surface area contributed by atoms with E-state index in [0.717, 1.165) is 51.8 Å². The molecule has 1 aromatic carbocycles. The lowest BCUT2D eigenvalue weighted by atomic mass is 9.93. The van der Waals surface area contributed by atoms with Gasteiger partial charge < -0.3 is 9.64 Å². The molecule has 0 aromatic heterocycles. The molecule has 1 N–H and O–H groups in total. The molecular formula is C20H32ClN3O3S. The predicted molar refractivity (Wildman–Crippen MR) is 116 cm³/mol. The van der Waals surface area contributed by atoms with E-state index < -0.39 is 10.2 Å². The van der Waals surface area contributed by atoms with Crippen LogP contribution in [-0.4, -0.2) is 63.6 Å². The topological polar surface area (TPSA) is 61.9 Å². The molecular weight excluding hydrogens is 398 g/mol. The predicted octanol–water partition coefficient (Wildman–Crippen LogP) is 3.76. The van der Waals surface area contributed by atoms with Gasteiger partial charge in [0.1, 0.15) is 0 Å². The first-order chi connectivity index (χ1) is 13.3. The molecule has 1 aliphatic carbocycles. The summed E-state index contributed by atoms with van der Waals surface area (Å²) in [5.74, 6) is 0. The molecule has 0 radical (unpaired) electrons. The van der Waals surface area contributed by atoms with Crippen LogP contribution in [0, 0.1) is 0 Å². The first-order valence-electron chi connectivity index (χ1n) is 9.74. The Labute approximate surface area is 174 Å². The summed E-state index contributed by atoms with van der Waals surface area (Å²) in [7, 11) is 0.116. The van der Waals surface area contributed by atoms with Gasteiger partial charge in [-0.25, -0.2) is 0 Å². The van der Waals surface area contributed by atoms with Gasteiger partial charge in [0.25, 0.3) is 0 Å². The maximum atomic E-state index is 12.6. The number of hydrogen-bond donors (Lipinski definition) is 1. The number of ether oxygens (including phenoxy) is 1. The molecule has 1 fully saturated rings. The molecule has 1 aromatic rings. The molecule has 6 nitrogen and oxygen atoms in total. The molecule has 158 valence electrons. The van der Waals surface area contributed by atoms with Gasteiger partial charge in [-0.15, -0.1) is 6.58 Å². The highest BCUT2D eigenvalue weighted by atomic mass is 35.5. The van der Waals surface area contributed by atoms with Gasteiger partial charge >= 0.3 is 10.2 Å². The number of nitrogens with zero attached hydrogens (tertiary/aromatic N) is 2. The molecule has 28 heavy (non-hydrogen) atoms. The molecule has 0 atom stereocenters. The number of hydrogen-bond acceptors (Lipinski definition) is 4. The lowest BCUT2D eigenvalue weighted by Crippen LogP contribution is -2.43. The van der Waals surface area contributed by atoms with Crippen molar-refractivity contribution in [3.63, 3.8) is 0 Å². The van der Waals surface area contributed by atoms with Gasteiger partial charge in [0.15, 0.2) is 0 Å². The van der Waals surface area contributed by atoms with Crippen molar-refractivity contribution in [1.29, 1.82) is 0 Å². The normalized spacial score (nSPS) is 20.5. The zero-order valence-corrected chi connectivity index (χ0v) is 18.4. The highest BCUT2D eigenvalue weighted by Crippen LogP contribution is 2.27. The first kappa shape index (κ1) is 23.2. The van der Waals surface area contributed by atoms with Gasteiger partial charge in [-0.05, 0) is 63.4 Å². The fourth-order valence-electron chi connectivity index (χ4n) is 3.41. The zero-order chi connectivity index (χ0) is 20.6. The van der Waals surface area contributed by atoms with Crippen LogP contribution >= 0.6 is 11.6 Å². The molecule has 0 amide bonds. The van der Waals surface area contributed by atoms with E-state index >= 15 is 0 Å². The Morgan fingerprint density at radius 1 is 1.21 bits per heavy atom. The third-order valence-electron chi connectivity index (χ3n) is 5.11. The van der Waals surface area contributed by atoms with Crippen molar-refractivity contribution in [2.45, 2.75) is 44.2 Å². The largest absolute Gasteiger partial charge is 0.378 e. The number of rotatable bonds is 11. The minimum absolute atomic E-state index is 0.0108. The van der Waals surface area contributed by atoms with Crippen LogP contribution < -0.4 is 4.72 Å². The van der Waals surface area contributed by atoms with Crippen LogP contribution in [0.5, 0.6) is 0 Å². The van der Waals surface area contributed by atoms with E-state index in [4.69, 9.17) is 16.3 Å². The van der Waals surface area contributed by atoms with Crippen LogP contribution in [0.1, 0.15) is 32.1 Å². The van der Waals surface area contributed by atoms with Crippen molar-refractivity contribution in [3.05, 3.63) is 41.9 Å². The van der Waals surface area contributed by atoms with Crippen LogP contribution in [0.2, 0.25) is 5.02 Å². The Morgan fingerprint density at radius 3 is 2.46 bits per heavy atom. The molecule has 0 unspecified atom stereocenters. The average molecular weight is 430 g/mol. The summed E-state index contributed by atoms with van der Waals surface area (Å²) in [6.45, 7) is 6.35. The summed E-state index contributed by atoms with van der Waals surface area (Å²) in [6.07, 6.45) is 6.49. The highest BCUT2D eigenvalue weighted by molar-refractivity contribution is 7.90. The number of anilines is 1. The van der Waals surface area contributed by atoms with E-state index in [1.807, 2.05) is 6.08 Å². The van der Waals surface area contributed by atoms with Crippen molar-refractivity contribution < 1.29 is 13.2 Å². The Balaban J connectivity index is 1.74. The van der Waals surface area contributed by atoms with Gasteiger partial charge in [0.05, 0.1) is 6.10 Å². The Kier molecular flexibility index (Phi) is 9.24. The second kappa shape index (κ2) is 11.2. The molecule has 0 bridgehead atoms. The van der Waals surface area contributed by atoms with E-state index in [2.05, 4.69) is 23.2 Å². The molecule has 0 aliphatic heterocycles. The van der Waals surface area contributed by atoms with E-state index in [1.165, 1.54) is 4.31 Å². The van der Waals surface area contributed by atoms with Crippen LogP contribution in [0.4, 0.5) is 5.69 Å². The van der Waals surface area contributed by atoms with Crippen molar-refractivity contribution in [1.82, 2.24) is 9.21 Å². The summed E-state index contributed by atoms with van der Waals surface area (Å²) >= 11 is 5.85. The summed E-state index contributed by atoms with van der Waals surface area (Å²) in [5.41, 5.74) is 0.509. The molecule has 1 aliphatic rings. The maximum Gasteiger partial charge on any atom is 0.301 e. The smallest absolute Gasteiger partial charge is 0.301 e. The minimum atomic E-state index is -3.59. The number of likely N-dealkylation sites (N-methyl/N-ethyl adjacent to an activating group) is 1.